The first-order valence-corrected chi connectivity index (χ1v) is 4.05. The summed E-state index contributed by atoms with van der Waals surface area (Å²) >= 11 is 6.73. The van der Waals surface area contributed by atoms with Gasteiger partial charge >= 0.3 is 0 Å². The maximum atomic E-state index is 8.99. The molecule has 0 aliphatic carbocycles. The van der Waals surface area contributed by atoms with Gasteiger partial charge in [-0.3, -0.25) is 0 Å². The molecule has 0 saturated heterocycles. The lowest BCUT2D eigenvalue weighted by Crippen LogP contribution is -1.69. The summed E-state index contributed by atoms with van der Waals surface area (Å²) in [5.41, 5.74) is 0. The zero-order chi connectivity index (χ0) is 7.72. The molecule has 0 radical (unpaired) electrons. The van der Waals surface area contributed by atoms with E-state index in [9.17, 15) is 0 Å². The Morgan fingerprint density at radius 2 is 2.10 bits per heavy atom. The monoisotopic (exact) mass is 178 g/mol. The van der Waals surface area contributed by atoms with Crippen molar-refractivity contribution in [3.63, 3.8) is 0 Å². The van der Waals surface area contributed by atoms with Gasteiger partial charge in [0.2, 0.25) is 5.06 Å². The molecule has 0 fully saturated rings. The van der Waals surface area contributed by atoms with Crippen molar-refractivity contribution in [3.05, 3.63) is 9.90 Å². The van der Waals surface area contributed by atoms with Gasteiger partial charge < -0.3 is 10.2 Å². The molecule has 0 unspecified atom stereocenters. The van der Waals surface area contributed by atoms with Crippen LogP contribution >= 0.6 is 22.9 Å². The molecule has 4 heteroatoms. The van der Waals surface area contributed by atoms with E-state index in [0.29, 0.717) is 0 Å². The molecule has 0 aliphatic heterocycles. The minimum Gasteiger partial charge on any atom is -0.503 e. The van der Waals surface area contributed by atoms with Gasteiger partial charge in [-0.05, 0) is 6.42 Å². The van der Waals surface area contributed by atoms with Gasteiger partial charge in [-0.15, -0.1) is 0 Å². The van der Waals surface area contributed by atoms with Gasteiger partial charge in [-0.25, -0.2) is 0 Å². The second-order valence-electron chi connectivity index (χ2n) is 1.85. The molecule has 1 rings (SSSR count). The van der Waals surface area contributed by atoms with E-state index >= 15 is 0 Å². The predicted octanol–water partition coefficient (Wildman–Crippen LogP) is 2.38. The van der Waals surface area contributed by atoms with Crippen LogP contribution in [0.2, 0.25) is 5.02 Å². The number of hydrogen-bond donors (Lipinski definition) is 2. The number of thiophene rings is 1. The van der Waals surface area contributed by atoms with Crippen molar-refractivity contribution in [2.24, 2.45) is 0 Å². The summed E-state index contributed by atoms with van der Waals surface area (Å²) in [6.45, 7) is 1.91. The van der Waals surface area contributed by atoms with Crippen LogP contribution in [0.4, 0.5) is 0 Å². The van der Waals surface area contributed by atoms with Crippen molar-refractivity contribution in [2.45, 2.75) is 13.3 Å². The molecule has 0 saturated carbocycles. The van der Waals surface area contributed by atoms with E-state index in [-0.39, 0.29) is 15.8 Å². The molecule has 0 aliphatic rings. The fourth-order valence-electron chi connectivity index (χ4n) is 0.663. The third kappa shape index (κ3) is 1.07. The van der Waals surface area contributed by atoms with Crippen LogP contribution in [-0.2, 0) is 6.42 Å². The Bertz CT molecular complexity index is 244. The van der Waals surface area contributed by atoms with Crippen LogP contribution in [0.25, 0.3) is 0 Å². The largest absolute Gasteiger partial charge is 0.503 e. The van der Waals surface area contributed by atoms with Crippen LogP contribution in [0.3, 0.4) is 0 Å². The van der Waals surface area contributed by atoms with Crippen LogP contribution in [-0.4, -0.2) is 10.2 Å². The molecule has 2 nitrogen and oxygen atoms in total. The minimum atomic E-state index is -0.191. The third-order valence-corrected chi connectivity index (χ3v) is 2.84. The fourth-order valence-corrected chi connectivity index (χ4v) is 1.82. The summed E-state index contributed by atoms with van der Waals surface area (Å²) in [5, 5.41) is 18.1. The van der Waals surface area contributed by atoms with Crippen LogP contribution in [0.5, 0.6) is 10.8 Å². The molecule has 56 valence electrons. The highest BCUT2D eigenvalue weighted by molar-refractivity contribution is 7.14. The highest BCUT2D eigenvalue weighted by atomic mass is 35.5. The number of rotatable bonds is 1. The van der Waals surface area contributed by atoms with E-state index in [2.05, 4.69) is 0 Å². The molecular formula is C6H7ClO2S. The van der Waals surface area contributed by atoms with Gasteiger partial charge in [0.1, 0.15) is 5.02 Å². The van der Waals surface area contributed by atoms with Crippen molar-refractivity contribution >= 4 is 22.9 Å². The molecule has 0 atom stereocenters. The van der Waals surface area contributed by atoms with Gasteiger partial charge in [-0.2, -0.15) is 0 Å². The average Bonchev–Trinajstić information content (AvgIpc) is 2.17. The SMILES string of the molecule is CCc1sc(O)c(O)c1Cl. The fraction of sp³-hybridized carbons (Fsp3) is 0.333. The van der Waals surface area contributed by atoms with E-state index in [1.807, 2.05) is 6.92 Å². The molecule has 1 aromatic rings. The number of aromatic hydroxyl groups is 2. The van der Waals surface area contributed by atoms with E-state index in [1.54, 1.807) is 0 Å². The summed E-state index contributed by atoms with van der Waals surface area (Å²) in [7, 11) is 0. The number of aryl methyl sites for hydroxylation is 1. The van der Waals surface area contributed by atoms with E-state index < -0.39 is 0 Å². The first-order chi connectivity index (χ1) is 4.66. The zero-order valence-electron chi connectivity index (χ0n) is 5.39. The summed E-state index contributed by atoms with van der Waals surface area (Å²) in [4.78, 5) is 0.816. The summed E-state index contributed by atoms with van der Waals surface area (Å²) < 4.78 is 0. The highest BCUT2D eigenvalue weighted by Gasteiger charge is 2.12. The zero-order valence-corrected chi connectivity index (χ0v) is 6.96. The van der Waals surface area contributed by atoms with Crippen LogP contribution in [0.15, 0.2) is 0 Å². The Morgan fingerprint density at radius 1 is 1.50 bits per heavy atom. The normalized spacial score (nSPS) is 10.2. The van der Waals surface area contributed by atoms with Crippen molar-refractivity contribution in [1.29, 1.82) is 0 Å². The maximum absolute atomic E-state index is 8.99. The molecule has 0 spiro atoms. The second-order valence-corrected chi connectivity index (χ2v) is 3.31. The molecule has 1 heterocycles. The van der Waals surface area contributed by atoms with Gasteiger partial charge in [0.15, 0.2) is 5.75 Å². The third-order valence-electron chi connectivity index (χ3n) is 1.20. The quantitative estimate of drug-likeness (QED) is 0.693. The lowest BCUT2D eigenvalue weighted by atomic mass is 10.4. The molecule has 10 heavy (non-hydrogen) atoms. The van der Waals surface area contributed by atoms with Gasteiger partial charge in [0, 0.05) is 4.88 Å². The standard InChI is InChI=1S/C6H7ClO2S/c1-2-3-4(7)5(8)6(9)10-3/h8-9H,2H2,1H3. The van der Waals surface area contributed by atoms with Crippen molar-refractivity contribution in [2.75, 3.05) is 0 Å². The molecule has 0 bridgehead atoms. The Hall–Kier alpha value is -0.410. The predicted molar refractivity (Wildman–Crippen MR) is 42.0 cm³/mol. The lowest BCUT2D eigenvalue weighted by molar-refractivity contribution is 0.415. The first-order valence-electron chi connectivity index (χ1n) is 2.86. The van der Waals surface area contributed by atoms with Crippen molar-refractivity contribution in [3.8, 4) is 10.8 Å². The Balaban J connectivity index is 3.17. The highest BCUT2D eigenvalue weighted by Crippen LogP contribution is 2.43. The average molecular weight is 179 g/mol. The first kappa shape index (κ1) is 7.69. The number of hydrogen-bond acceptors (Lipinski definition) is 3. The second kappa shape index (κ2) is 2.68. The molecule has 0 amide bonds. The van der Waals surface area contributed by atoms with Gasteiger partial charge in [0.25, 0.3) is 0 Å². The van der Waals surface area contributed by atoms with Gasteiger partial charge in [-0.1, -0.05) is 29.9 Å². The molecule has 2 N–H and O–H groups in total. The van der Waals surface area contributed by atoms with Crippen LogP contribution < -0.4 is 0 Å². The minimum absolute atomic E-state index is 0.0955. The van der Waals surface area contributed by atoms with E-state index in [0.717, 1.165) is 22.6 Å². The Labute approximate surface area is 67.7 Å². The Kier molecular flexibility index (Phi) is 2.06. The van der Waals surface area contributed by atoms with Gasteiger partial charge in [0.05, 0.1) is 0 Å². The summed E-state index contributed by atoms with van der Waals surface area (Å²) in [6.07, 6.45) is 0.734. The molecule has 0 aromatic carbocycles. The van der Waals surface area contributed by atoms with Crippen LogP contribution in [0, 0.1) is 0 Å². The van der Waals surface area contributed by atoms with Crippen LogP contribution in [0.1, 0.15) is 11.8 Å². The van der Waals surface area contributed by atoms with Crippen molar-refractivity contribution < 1.29 is 10.2 Å². The topological polar surface area (TPSA) is 40.5 Å². The lowest BCUT2D eigenvalue weighted by Gasteiger charge is -1.87. The molecule has 1 aromatic heterocycles. The summed E-state index contributed by atoms with van der Waals surface area (Å²) in [6, 6.07) is 0. The van der Waals surface area contributed by atoms with Crippen molar-refractivity contribution in [1.82, 2.24) is 0 Å². The molecular weight excluding hydrogens is 172 g/mol. The number of halogens is 1. The smallest absolute Gasteiger partial charge is 0.216 e. The maximum Gasteiger partial charge on any atom is 0.216 e. The van der Waals surface area contributed by atoms with E-state index in [4.69, 9.17) is 21.8 Å². The van der Waals surface area contributed by atoms with E-state index in [1.165, 1.54) is 0 Å². The Morgan fingerprint density at radius 3 is 2.30 bits per heavy atom. The summed E-state index contributed by atoms with van der Waals surface area (Å²) in [5.74, 6) is -0.191.